The van der Waals surface area contributed by atoms with Crippen LogP contribution in [0.5, 0.6) is 0 Å². The Kier molecular flexibility index (Phi) is 5.31. The number of nitrogens with zero attached hydrogens (tertiary/aromatic N) is 1. The van der Waals surface area contributed by atoms with Gasteiger partial charge in [-0.05, 0) is 44.9 Å². The van der Waals surface area contributed by atoms with Crippen molar-refractivity contribution in [1.82, 2.24) is 4.90 Å². The molecule has 1 aromatic rings. The number of likely N-dealkylation sites (tertiary alicyclic amines) is 1. The van der Waals surface area contributed by atoms with Crippen molar-refractivity contribution in [1.29, 1.82) is 0 Å². The van der Waals surface area contributed by atoms with Gasteiger partial charge in [-0.3, -0.25) is 4.79 Å². The van der Waals surface area contributed by atoms with Crippen molar-refractivity contribution in [2.24, 2.45) is 0 Å². The van der Waals surface area contributed by atoms with Crippen LogP contribution in [0.3, 0.4) is 0 Å². The summed E-state index contributed by atoms with van der Waals surface area (Å²) in [7, 11) is 0. The van der Waals surface area contributed by atoms with Gasteiger partial charge in [0.2, 0.25) is 5.91 Å². The average Bonchev–Trinajstić information content (AvgIpc) is 2.60. The molecule has 0 saturated carbocycles. The van der Waals surface area contributed by atoms with Crippen LogP contribution >= 0.6 is 0 Å². The van der Waals surface area contributed by atoms with E-state index in [9.17, 15) is 14.3 Å². The van der Waals surface area contributed by atoms with Crippen LogP contribution in [0.4, 0.5) is 10.1 Å². The van der Waals surface area contributed by atoms with Crippen LogP contribution in [0, 0.1) is 5.82 Å². The van der Waals surface area contributed by atoms with Crippen molar-refractivity contribution in [2.45, 2.75) is 38.2 Å². The molecule has 1 atom stereocenters. The zero-order chi connectivity index (χ0) is 15.3. The highest BCUT2D eigenvalue weighted by atomic mass is 19.1. The Morgan fingerprint density at radius 3 is 2.90 bits per heavy atom. The maximum absolute atomic E-state index is 13.4. The molecular weight excluding hydrogens is 271 g/mol. The minimum absolute atomic E-state index is 0.184. The molecule has 1 saturated heterocycles. The molecule has 0 radical (unpaired) electrons. The zero-order valence-corrected chi connectivity index (χ0v) is 12.4. The lowest BCUT2D eigenvalue weighted by atomic mass is 9.98. The molecule has 4 nitrogen and oxygen atoms in total. The van der Waals surface area contributed by atoms with Gasteiger partial charge < -0.3 is 15.3 Å². The lowest BCUT2D eigenvalue weighted by Crippen LogP contribution is -2.31. The number of amides is 1. The number of anilines is 1. The summed E-state index contributed by atoms with van der Waals surface area (Å²) in [5, 5.41) is 12.6. The predicted octanol–water partition coefficient (Wildman–Crippen LogP) is 2.39. The van der Waals surface area contributed by atoms with Crippen molar-refractivity contribution < 1.29 is 14.3 Å². The fraction of sp³-hybridized carbons (Fsp3) is 0.562. The van der Waals surface area contributed by atoms with Gasteiger partial charge in [-0.15, -0.1) is 0 Å². The van der Waals surface area contributed by atoms with Crippen LogP contribution in [0.1, 0.15) is 32.6 Å². The van der Waals surface area contributed by atoms with E-state index in [4.69, 9.17) is 0 Å². The molecule has 1 fully saturated rings. The average molecular weight is 294 g/mol. The molecule has 5 heteroatoms. The van der Waals surface area contributed by atoms with Gasteiger partial charge in [0, 0.05) is 19.5 Å². The second kappa shape index (κ2) is 7.00. The van der Waals surface area contributed by atoms with E-state index in [-0.39, 0.29) is 11.6 Å². The first-order valence-corrected chi connectivity index (χ1v) is 7.45. The highest BCUT2D eigenvalue weighted by Gasteiger charge is 2.24. The number of hydrogen-bond donors (Lipinski definition) is 2. The van der Waals surface area contributed by atoms with E-state index >= 15 is 0 Å². The fourth-order valence-electron chi connectivity index (χ4n) is 2.58. The summed E-state index contributed by atoms with van der Waals surface area (Å²) in [6, 6.07) is 6.16. The molecule has 0 aliphatic carbocycles. The van der Waals surface area contributed by atoms with E-state index in [0.717, 1.165) is 32.4 Å². The number of nitrogens with one attached hydrogen (secondary N) is 1. The maximum Gasteiger partial charge on any atom is 0.225 e. The molecule has 1 amide bonds. The largest absolute Gasteiger partial charge is 0.390 e. The summed E-state index contributed by atoms with van der Waals surface area (Å²) < 4.78 is 13.4. The molecule has 1 heterocycles. The lowest BCUT2D eigenvalue weighted by molar-refractivity contribution is -0.116. The number of carbonyl (C=O) groups excluding carboxylic acids is 1. The van der Waals surface area contributed by atoms with E-state index in [1.165, 1.54) is 6.07 Å². The molecule has 0 bridgehead atoms. The van der Waals surface area contributed by atoms with Crippen molar-refractivity contribution in [2.75, 3.05) is 25.0 Å². The molecule has 2 N–H and O–H groups in total. The van der Waals surface area contributed by atoms with E-state index in [1.54, 1.807) is 18.2 Å². The number of para-hydroxylation sites is 1. The second-order valence-electron chi connectivity index (χ2n) is 5.97. The van der Waals surface area contributed by atoms with Crippen LogP contribution in [0.25, 0.3) is 0 Å². The van der Waals surface area contributed by atoms with Crippen molar-refractivity contribution in [3.63, 3.8) is 0 Å². The third-order valence-electron chi connectivity index (χ3n) is 3.96. The number of rotatable bonds is 4. The van der Waals surface area contributed by atoms with Gasteiger partial charge in [0.1, 0.15) is 5.82 Å². The van der Waals surface area contributed by atoms with Gasteiger partial charge in [0.05, 0.1) is 11.3 Å². The minimum Gasteiger partial charge on any atom is -0.390 e. The Morgan fingerprint density at radius 1 is 1.38 bits per heavy atom. The van der Waals surface area contributed by atoms with E-state index in [1.807, 2.05) is 6.92 Å². The number of hydrogen-bond acceptors (Lipinski definition) is 3. The van der Waals surface area contributed by atoms with E-state index in [0.29, 0.717) is 13.0 Å². The van der Waals surface area contributed by atoms with E-state index in [2.05, 4.69) is 10.2 Å². The summed E-state index contributed by atoms with van der Waals surface area (Å²) in [6.45, 7) is 4.18. The van der Waals surface area contributed by atoms with Gasteiger partial charge in [-0.1, -0.05) is 12.1 Å². The summed E-state index contributed by atoms with van der Waals surface area (Å²) in [6.07, 6.45) is 2.78. The highest BCUT2D eigenvalue weighted by molar-refractivity contribution is 5.90. The van der Waals surface area contributed by atoms with Crippen LogP contribution in [0.2, 0.25) is 0 Å². The summed E-state index contributed by atoms with van der Waals surface area (Å²) in [4.78, 5) is 14.0. The molecular formula is C16H23FN2O2. The molecule has 116 valence electrons. The topological polar surface area (TPSA) is 52.6 Å². The Bertz CT molecular complexity index is 491. The molecule has 21 heavy (non-hydrogen) atoms. The van der Waals surface area contributed by atoms with Gasteiger partial charge in [-0.2, -0.15) is 0 Å². The molecule has 1 aromatic carbocycles. The summed E-state index contributed by atoms with van der Waals surface area (Å²) in [5.41, 5.74) is -0.370. The van der Waals surface area contributed by atoms with Crippen LogP contribution in [-0.2, 0) is 4.79 Å². The zero-order valence-electron chi connectivity index (χ0n) is 12.4. The van der Waals surface area contributed by atoms with Gasteiger partial charge in [-0.25, -0.2) is 4.39 Å². The van der Waals surface area contributed by atoms with Gasteiger partial charge in [0.25, 0.3) is 0 Å². The smallest absolute Gasteiger partial charge is 0.225 e. The lowest BCUT2D eigenvalue weighted by Gasteiger charge is -2.22. The normalized spacial score (nSPS) is 23.6. The number of benzene rings is 1. The first kappa shape index (κ1) is 15.9. The second-order valence-corrected chi connectivity index (χ2v) is 5.97. The molecule has 1 unspecified atom stereocenters. The molecule has 1 aliphatic rings. The Balaban J connectivity index is 1.78. The van der Waals surface area contributed by atoms with Crippen LogP contribution in [0.15, 0.2) is 24.3 Å². The standard InChI is InChI=1S/C16H23FN2O2/c1-16(21)8-4-10-19(12-9-16)11-7-15(20)18-14-6-3-2-5-13(14)17/h2-3,5-6,21H,4,7-12H2,1H3,(H,18,20). The third kappa shape index (κ3) is 5.10. The Labute approximate surface area is 125 Å². The van der Waals surface area contributed by atoms with Gasteiger partial charge in [0.15, 0.2) is 0 Å². The van der Waals surface area contributed by atoms with Crippen LogP contribution in [-0.4, -0.2) is 41.1 Å². The maximum atomic E-state index is 13.4. The third-order valence-corrected chi connectivity index (χ3v) is 3.96. The number of carbonyl (C=O) groups is 1. The summed E-state index contributed by atoms with van der Waals surface area (Å²) in [5.74, 6) is -0.604. The van der Waals surface area contributed by atoms with Crippen molar-refractivity contribution >= 4 is 11.6 Å². The first-order valence-electron chi connectivity index (χ1n) is 7.45. The highest BCUT2D eigenvalue weighted by Crippen LogP contribution is 2.21. The van der Waals surface area contributed by atoms with Crippen molar-refractivity contribution in [3.8, 4) is 0 Å². The first-order chi connectivity index (χ1) is 9.96. The Hall–Kier alpha value is -1.46. The monoisotopic (exact) mass is 294 g/mol. The predicted molar refractivity (Wildman–Crippen MR) is 80.6 cm³/mol. The molecule has 0 aromatic heterocycles. The number of halogens is 1. The SMILES string of the molecule is CC1(O)CCCN(CCC(=O)Nc2ccccc2F)CC1. The summed E-state index contributed by atoms with van der Waals surface area (Å²) >= 11 is 0. The van der Waals surface area contributed by atoms with E-state index < -0.39 is 11.4 Å². The Morgan fingerprint density at radius 2 is 2.14 bits per heavy atom. The van der Waals surface area contributed by atoms with Crippen LogP contribution < -0.4 is 5.32 Å². The minimum atomic E-state index is -0.593. The molecule has 0 spiro atoms. The number of aliphatic hydroxyl groups is 1. The quantitative estimate of drug-likeness (QED) is 0.896. The fourth-order valence-corrected chi connectivity index (χ4v) is 2.58. The molecule has 1 aliphatic heterocycles. The molecule has 2 rings (SSSR count). The van der Waals surface area contributed by atoms with Gasteiger partial charge >= 0.3 is 0 Å². The van der Waals surface area contributed by atoms with Crippen molar-refractivity contribution in [3.05, 3.63) is 30.1 Å².